The first-order chi connectivity index (χ1) is 7.02. The number of nitrogens with one attached hydrogen (secondary N) is 1. The van der Waals surface area contributed by atoms with E-state index in [1.807, 2.05) is 6.92 Å². The van der Waals surface area contributed by atoms with Crippen LogP contribution in [0.3, 0.4) is 0 Å². The number of likely N-dealkylation sites (N-methyl/N-ethyl adjacent to an activating group) is 2. The summed E-state index contributed by atoms with van der Waals surface area (Å²) in [4.78, 5) is 15.5. The number of carbonyl (C=O) groups is 1. The molecule has 1 aliphatic rings. The van der Waals surface area contributed by atoms with E-state index in [9.17, 15) is 4.79 Å². The summed E-state index contributed by atoms with van der Waals surface area (Å²) in [5.74, 6) is 0.143. The number of hydrogen-bond acceptors (Lipinski definition) is 3. The summed E-state index contributed by atoms with van der Waals surface area (Å²) in [6.45, 7) is 3.82. The summed E-state index contributed by atoms with van der Waals surface area (Å²) in [7, 11) is 5.73. The molecule has 1 atom stereocenters. The second kappa shape index (κ2) is 5.47. The molecule has 0 aromatic rings. The molecule has 0 radical (unpaired) electrons. The monoisotopic (exact) mass is 213 g/mol. The van der Waals surface area contributed by atoms with Gasteiger partial charge in [0.1, 0.15) is 0 Å². The molecule has 0 heterocycles. The molecule has 4 heteroatoms. The zero-order valence-electron chi connectivity index (χ0n) is 10.3. The Hall–Kier alpha value is -0.610. The maximum absolute atomic E-state index is 11.5. The lowest BCUT2D eigenvalue weighted by Crippen LogP contribution is -2.44. The van der Waals surface area contributed by atoms with E-state index in [-0.39, 0.29) is 11.9 Å². The summed E-state index contributed by atoms with van der Waals surface area (Å²) < 4.78 is 0. The second-order valence-corrected chi connectivity index (χ2v) is 4.62. The van der Waals surface area contributed by atoms with E-state index in [0.29, 0.717) is 0 Å². The van der Waals surface area contributed by atoms with Crippen LogP contribution in [0.5, 0.6) is 0 Å². The normalized spacial score (nSPS) is 17.9. The van der Waals surface area contributed by atoms with Crippen LogP contribution in [-0.2, 0) is 4.79 Å². The molecule has 0 saturated heterocycles. The molecular formula is C11H23N3O. The predicted molar refractivity (Wildman–Crippen MR) is 61.8 cm³/mol. The molecule has 1 amide bonds. The minimum Gasteiger partial charge on any atom is -0.347 e. The van der Waals surface area contributed by atoms with Gasteiger partial charge in [-0.1, -0.05) is 0 Å². The van der Waals surface area contributed by atoms with Crippen molar-refractivity contribution in [3.05, 3.63) is 0 Å². The molecule has 0 aliphatic heterocycles. The summed E-state index contributed by atoms with van der Waals surface area (Å²) in [6.07, 6.45) is 2.67. The molecule has 15 heavy (non-hydrogen) atoms. The maximum atomic E-state index is 11.5. The van der Waals surface area contributed by atoms with Crippen molar-refractivity contribution < 1.29 is 4.79 Å². The smallest absolute Gasteiger partial charge is 0.238 e. The molecule has 1 fully saturated rings. The third-order valence-electron chi connectivity index (χ3n) is 2.90. The molecule has 1 N–H and O–H groups in total. The van der Waals surface area contributed by atoms with Gasteiger partial charge < -0.3 is 15.1 Å². The Labute approximate surface area is 92.6 Å². The van der Waals surface area contributed by atoms with E-state index in [0.717, 1.165) is 19.1 Å². The van der Waals surface area contributed by atoms with Crippen LogP contribution >= 0.6 is 0 Å². The second-order valence-electron chi connectivity index (χ2n) is 4.62. The van der Waals surface area contributed by atoms with Crippen molar-refractivity contribution in [3.8, 4) is 0 Å². The van der Waals surface area contributed by atoms with Crippen molar-refractivity contribution in [2.24, 2.45) is 0 Å². The largest absolute Gasteiger partial charge is 0.347 e. The van der Waals surface area contributed by atoms with Gasteiger partial charge in [0, 0.05) is 33.2 Å². The van der Waals surface area contributed by atoms with Gasteiger partial charge in [0.05, 0.1) is 6.04 Å². The topological polar surface area (TPSA) is 35.6 Å². The highest BCUT2D eigenvalue weighted by Crippen LogP contribution is 2.24. The molecule has 0 aromatic heterocycles. The van der Waals surface area contributed by atoms with Gasteiger partial charge in [-0.3, -0.25) is 4.79 Å². The minimum absolute atomic E-state index is 0.0763. The van der Waals surface area contributed by atoms with Crippen molar-refractivity contribution in [2.75, 3.05) is 34.2 Å². The van der Waals surface area contributed by atoms with Crippen LogP contribution in [-0.4, -0.2) is 62.0 Å². The van der Waals surface area contributed by atoms with Gasteiger partial charge in [0.2, 0.25) is 5.91 Å². The lowest BCUT2D eigenvalue weighted by atomic mass is 10.3. The van der Waals surface area contributed by atoms with Crippen LogP contribution in [0.4, 0.5) is 0 Å². The molecule has 0 aromatic carbocycles. The minimum atomic E-state index is -0.0763. The Morgan fingerprint density at radius 2 is 2.00 bits per heavy atom. The molecule has 1 saturated carbocycles. The molecular weight excluding hydrogens is 190 g/mol. The Kier molecular flexibility index (Phi) is 4.54. The molecule has 0 spiro atoms. The Balaban J connectivity index is 2.10. The van der Waals surface area contributed by atoms with E-state index in [1.165, 1.54) is 12.8 Å². The molecule has 1 rings (SSSR count). The average molecular weight is 213 g/mol. The fourth-order valence-corrected chi connectivity index (χ4v) is 1.63. The van der Waals surface area contributed by atoms with E-state index < -0.39 is 0 Å². The standard InChI is InChI=1S/C11H23N3O/c1-9(11(15)13(2)3)12-7-8-14(4)10-5-6-10/h9-10,12H,5-8H2,1-4H3. The molecule has 4 nitrogen and oxygen atoms in total. The van der Waals surface area contributed by atoms with Crippen molar-refractivity contribution in [1.82, 2.24) is 15.1 Å². The fourth-order valence-electron chi connectivity index (χ4n) is 1.63. The lowest BCUT2D eigenvalue weighted by molar-refractivity contribution is -0.130. The van der Waals surface area contributed by atoms with Gasteiger partial charge in [0.25, 0.3) is 0 Å². The zero-order valence-corrected chi connectivity index (χ0v) is 10.3. The third-order valence-corrected chi connectivity index (χ3v) is 2.90. The SMILES string of the molecule is CC(NCCN(C)C1CC1)C(=O)N(C)C. The van der Waals surface area contributed by atoms with E-state index in [4.69, 9.17) is 0 Å². The van der Waals surface area contributed by atoms with Gasteiger partial charge in [0.15, 0.2) is 0 Å². The maximum Gasteiger partial charge on any atom is 0.238 e. The van der Waals surface area contributed by atoms with Crippen LogP contribution in [0, 0.1) is 0 Å². The molecule has 1 aliphatic carbocycles. The van der Waals surface area contributed by atoms with Crippen LogP contribution in [0.1, 0.15) is 19.8 Å². The average Bonchev–Trinajstić information content (AvgIpc) is 2.99. The van der Waals surface area contributed by atoms with Gasteiger partial charge >= 0.3 is 0 Å². The predicted octanol–water partition coefficient (Wildman–Crippen LogP) is 0.147. The summed E-state index contributed by atoms with van der Waals surface area (Å²) in [5.41, 5.74) is 0. The number of nitrogens with zero attached hydrogens (tertiary/aromatic N) is 2. The van der Waals surface area contributed by atoms with Gasteiger partial charge in [-0.25, -0.2) is 0 Å². The van der Waals surface area contributed by atoms with Crippen LogP contribution in [0.25, 0.3) is 0 Å². The van der Waals surface area contributed by atoms with E-state index >= 15 is 0 Å². The van der Waals surface area contributed by atoms with E-state index in [1.54, 1.807) is 19.0 Å². The van der Waals surface area contributed by atoms with Crippen molar-refractivity contribution >= 4 is 5.91 Å². The van der Waals surface area contributed by atoms with Gasteiger partial charge in [-0.15, -0.1) is 0 Å². The van der Waals surface area contributed by atoms with Crippen molar-refractivity contribution in [1.29, 1.82) is 0 Å². The summed E-state index contributed by atoms with van der Waals surface area (Å²) in [5, 5.41) is 3.24. The first kappa shape index (κ1) is 12.5. The Morgan fingerprint density at radius 1 is 1.40 bits per heavy atom. The van der Waals surface area contributed by atoms with Gasteiger partial charge in [-0.05, 0) is 26.8 Å². The number of carbonyl (C=O) groups excluding carboxylic acids is 1. The van der Waals surface area contributed by atoms with Crippen molar-refractivity contribution in [2.45, 2.75) is 31.8 Å². The number of rotatable bonds is 6. The number of amides is 1. The number of hydrogen-bond donors (Lipinski definition) is 1. The van der Waals surface area contributed by atoms with Gasteiger partial charge in [-0.2, -0.15) is 0 Å². The van der Waals surface area contributed by atoms with Crippen molar-refractivity contribution in [3.63, 3.8) is 0 Å². The molecule has 1 unspecified atom stereocenters. The highest BCUT2D eigenvalue weighted by atomic mass is 16.2. The van der Waals surface area contributed by atoms with Crippen LogP contribution in [0.15, 0.2) is 0 Å². The fraction of sp³-hybridized carbons (Fsp3) is 0.909. The van der Waals surface area contributed by atoms with Crippen LogP contribution < -0.4 is 5.32 Å². The summed E-state index contributed by atoms with van der Waals surface area (Å²) in [6, 6.07) is 0.722. The van der Waals surface area contributed by atoms with Crippen LogP contribution in [0.2, 0.25) is 0 Å². The molecule has 88 valence electrons. The third kappa shape index (κ3) is 4.18. The Bertz CT molecular complexity index is 214. The summed E-state index contributed by atoms with van der Waals surface area (Å²) >= 11 is 0. The lowest BCUT2D eigenvalue weighted by Gasteiger charge is -2.20. The first-order valence-corrected chi connectivity index (χ1v) is 5.67. The Morgan fingerprint density at radius 3 is 2.47 bits per heavy atom. The van der Waals surface area contributed by atoms with E-state index in [2.05, 4.69) is 17.3 Å². The highest BCUT2D eigenvalue weighted by Gasteiger charge is 2.25. The first-order valence-electron chi connectivity index (χ1n) is 5.67. The zero-order chi connectivity index (χ0) is 11.4. The molecule has 0 bridgehead atoms. The highest BCUT2D eigenvalue weighted by molar-refractivity contribution is 5.80. The quantitative estimate of drug-likeness (QED) is 0.682.